The van der Waals surface area contributed by atoms with Crippen LogP contribution in [0.3, 0.4) is 0 Å². The van der Waals surface area contributed by atoms with Gasteiger partial charge in [-0.2, -0.15) is 26.3 Å². The molecule has 154 valence electrons. The summed E-state index contributed by atoms with van der Waals surface area (Å²) in [6, 6.07) is -5.18. The normalized spacial score (nSPS) is 31.4. The quantitative estimate of drug-likeness (QED) is 0.721. The molecule has 2 rings (SSSR count). The first kappa shape index (κ1) is 21.7. The second kappa shape index (κ2) is 8.20. The summed E-state index contributed by atoms with van der Waals surface area (Å²) >= 11 is 0. The molecule has 2 aliphatic rings. The van der Waals surface area contributed by atoms with E-state index in [1.54, 1.807) is 20.8 Å². The minimum atomic E-state index is -4.44. The topological polar surface area (TPSA) is 30.5 Å². The van der Waals surface area contributed by atoms with Crippen molar-refractivity contribution in [1.29, 1.82) is 0 Å². The molecule has 0 bridgehead atoms. The molecule has 4 nitrogen and oxygen atoms in total. The van der Waals surface area contributed by atoms with Crippen molar-refractivity contribution in [1.82, 2.24) is 20.4 Å². The Morgan fingerprint density at radius 2 is 1.54 bits per heavy atom. The predicted octanol–water partition coefficient (Wildman–Crippen LogP) is 2.21. The van der Waals surface area contributed by atoms with E-state index in [9.17, 15) is 26.3 Å². The molecule has 0 aliphatic carbocycles. The number of alkyl halides is 6. The van der Waals surface area contributed by atoms with Gasteiger partial charge in [0.1, 0.15) is 12.1 Å². The van der Waals surface area contributed by atoms with E-state index in [1.807, 2.05) is 0 Å². The first-order valence-corrected chi connectivity index (χ1v) is 9.02. The number of hydrogen-bond donors (Lipinski definition) is 2. The fraction of sp³-hybridized carbons (Fsp3) is 1.00. The van der Waals surface area contributed by atoms with Crippen LogP contribution >= 0.6 is 0 Å². The number of piperazine rings is 2. The fourth-order valence-electron chi connectivity index (χ4n) is 4.12. The van der Waals surface area contributed by atoms with Crippen molar-refractivity contribution in [3.8, 4) is 0 Å². The summed E-state index contributed by atoms with van der Waals surface area (Å²) in [4.78, 5) is 2.69. The molecule has 0 spiro atoms. The average Bonchev–Trinajstić information content (AvgIpc) is 2.52. The van der Waals surface area contributed by atoms with Crippen LogP contribution in [-0.4, -0.2) is 85.1 Å². The van der Waals surface area contributed by atoms with Crippen LogP contribution in [0, 0.1) is 0 Å². The molecule has 26 heavy (non-hydrogen) atoms. The van der Waals surface area contributed by atoms with Crippen molar-refractivity contribution >= 4 is 0 Å². The number of hydrogen-bond acceptors (Lipinski definition) is 4. The molecule has 0 aromatic rings. The molecule has 4 atom stereocenters. The van der Waals surface area contributed by atoms with Gasteiger partial charge in [0.25, 0.3) is 0 Å². The highest BCUT2D eigenvalue weighted by atomic mass is 19.4. The van der Waals surface area contributed by atoms with Crippen LogP contribution in [-0.2, 0) is 0 Å². The van der Waals surface area contributed by atoms with E-state index in [-0.39, 0.29) is 32.1 Å². The molecule has 2 fully saturated rings. The van der Waals surface area contributed by atoms with Crippen LogP contribution in [0.2, 0.25) is 0 Å². The van der Waals surface area contributed by atoms with Gasteiger partial charge in [-0.05, 0) is 27.2 Å². The van der Waals surface area contributed by atoms with Crippen LogP contribution in [0.1, 0.15) is 27.2 Å². The molecule has 0 radical (unpaired) electrons. The summed E-state index contributed by atoms with van der Waals surface area (Å²) in [5.41, 5.74) is 0. The molecule has 0 saturated carbocycles. The maximum absolute atomic E-state index is 13.7. The van der Waals surface area contributed by atoms with Gasteiger partial charge < -0.3 is 10.6 Å². The lowest BCUT2D eigenvalue weighted by atomic mass is 9.93. The summed E-state index contributed by atoms with van der Waals surface area (Å²) < 4.78 is 80.9. The zero-order valence-electron chi connectivity index (χ0n) is 15.3. The molecule has 2 heterocycles. The van der Waals surface area contributed by atoms with Gasteiger partial charge in [0, 0.05) is 50.8 Å². The third-order valence-corrected chi connectivity index (χ3v) is 5.34. The molecule has 2 N–H and O–H groups in total. The van der Waals surface area contributed by atoms with E-state index < -0.39 is 36.5 Å². The van der Waals surface area contributed by atoms with Gasteiger partial charge in [-0.1, -0.05) is 0 Å². The van der Waals surface area contributed by atoms with Gasteiger partial charge in [0.2, 0.25) is 0 Å². The lowest BCUT2D eigenvalue weighted by Crippen LogP contribution is -2.67. The highest BCUT2D eigenvalue weighted by molar-refractivity contribution is 4.98. The molecule has 2 unspecified atom stereocenters. The maximum atomic E-state index is 13.7. The lowest BCUT2D eigenvalue weighted by molar-refractivity contribution is -0.208. The van der Waals surface area contributed by atoms with Crippen LogP contribution in [0.15, 0.2) is 0 Å². The van der Waals surface area contributed by atoms with E-state index in [4.69, 9.17) is 0 Å². The highest BCUT2D eigenvalue weighted by Crippen LogP contribution is 2.34. The second-order valence-corrected chi connectivity index (χ2v) is 7.46. The number of nitrogens with one attached hydrogen (secondary N) is 2. The zero-order chi connectivity index (χ0) is 19.7. The van der Waals surface area contributed by atoms with Crippen LogP contribution in [0.4, 0.5) is 26.3 Å². The van der Waals surface area contributed by atoms with Crippen molar-refractivity contribution in [2.45, 2.75) is 69.8 Å². The van der Waals surface area contributed by atoms with Gasteiger partial charge >= 0.3 is 12.4 Å². The van der Waals surface area contributed by atoms with Crippen molar-refractivity contribution < 1.29 is 26.3 Å². The third kappa shape index (κ3) is 5.02. The number of halogens is 6. The Hall–Kier alpha value is -0.580. The monoisotopic (exact) mass is 390 g/mol. The lowest BCUT2D eigenvalue weighted by Gasteiger charge is -2.47. The smallest absolute Gasteiger partial charge is 0.314 e. The first-order valence-electron chi connectivity index (χ1n) is 9.02. The predicted molar refractivity (Wildman–Crippen MR) is 87.0 cm³/mol. The van der Waals surface area contributed by atoms with E-state index in [0.29, 0.717) is 13.1 Å². The molecule has 2 aliphatic heterocycles. The van der Waals surface area contributed by atoms with E-state index in [2.05, 4.69) is 10.6 Å². The van der Waals surface area contributed by atoms with Gasteiger partial charge in [-0.25, -0.2) is 0 Å². The Bertz CT molecular complexity index is 453. The largest absolute Gasteiger partial charge is 0.405 e. The molecule has 0 amide bonds. The molecule has 0 aromatic heterocycles. The van der Waals surface area contributed by atoms with Crippen LogP contribution in [0.5, 0.6) is 0 Å². The van der Waals surface area contributed by atoms with Gasteiger partial charge in [0.05, 0.1) is 0 Å². The summed E-state index contributed by atoms with van der Waals surface area (Å²) in [5, 5.41) is 5.62. The first-order chi connectivity index (χ1) is 11.9. The fourth-order valence-corrected chi connectivity index (χ4v) is 4.12. The molecule has 0 aromatic carbocycles. The van der Waals surface area contributed by atoms with E-state index >= 15 is 0 Å². The minimum Gasteiger partial charge on any atom is -0.314 e. The van der Waals surface area contributed by atoms with Crippen molar-refractivity contribution in [2.75, 3.05) is 32.7 Å². The van der Waals surface area contributed by atoms with E-state index in [0.717, 1.165) is 0 Å². The van der Waals surface area contributed by atoms with Crippen LogP contribution < -0.4 is 10.6 Å². The molecule has 2 saturated heterocycles. The van der Waals surface area contributed by atoms with E-state index in [1.165, 1.54) is 9.80 Å². The van der Waals surface area contributed by atoms with Gasteiger partial charge in [-0.15, -0.1) is 0 Å². The zero-order valence-corrected chi connectivity index (χ0v) is 15.3. The molecular formula is C16H28F6N4. The van der Waals surface area contributed by atoms with Crippen molar-refractivity contribution in [3.63, 3.8) is 0 Å². The third-order valence-electron chi connectivity index (χ3n) is 5.34. The Labute approximate surface area is 150 Å². The summed E-state index contributed by atoms with van der Waals surface area (Å²) in [6.07, 6.45) is -8.83. The summed E-state index contributed by atoms with van der Waals surface area (Å²) in [7, 11) is 0. The summed E-state index contributed by atoms with van der Waals surface area (Å²) in [5.74, 6) is 0. The Morgan fingerprint density at radius 3 is 2.08 bits per heavy atom. The van der Waals surface area contributed by atoms with Gasteiger partial charge in [0.15, 0.2) is 0 Å². The summed E-state index contributed by atoms with van der Waals surface area (Å²) in [6.45, 7) is 6.01. The van der Waals surface area contributed by atoms with Gasteiger partial charge in [-0.3, -0.25) is 9.80 Å². The SMILES string of the molecule is CC(C)N1CCNC(CC(C)N2CCNC[C@@H]2C(F)(F)F)[C@H]1C(F)(F)F. The van der Waals surface area contributed by atoms with Crippen molar-refractivity contribution in [3.05, 3.63) is 0 Å². The Kier molecular flexibility index (Phi) is 6.85. The highest BCUT2D eigenvalue weighted by Gasteiger charge is 2.52. The van der Waals surface area contributed by atoms with Crippen LogP contribution in [0.25, 0.3) is 0 Å². The molecular weight excluding hydrogens is 362 g/mol. The Morgan fingerprint density at radius 1 is 0.923 bits per heavy atom. The molecule has 10 heteroatoms. The minimum absolute atomic E-state index is 0.0139. The Balaban J connectivity index is 2.15. The standard InChI is InChI=1S/C16H28F6N4/c1-10(2)25-7-5-24-12(14(25)16(20,21)22)8-11(3)26-6-4-23-9-13(26)15(17,18)19/h10-14,23-24H,4-9H2,1-3H3/t11?,12?,13-,14+/m1/s1. The number of nitrogens with zero attached hydrogens (tertiary/aromatic N) is 2. The second-order valence-electron chi connectivity index (χ2n) is 7.46. The number of rotatable bonds is 4. The maximum Gasteiger partial charge on any atom is 0.405 e. The average molecular weight is 390 g/mol. The van der Waals surface area contributed by atoms with Crippen molar-refractivity contribution in [2.24, 2.45) is 0 Å².